The third-order valence-electron chi connectivity index (χ3n) is 5.36. The molecular weight excluding hydrogens is 450 g/mol. The number of thioether (sulfide) groups is 1. The average Bonchev–Trinajstić information content (AvgIpc) is 3.49. The number of hydrogen-bond donors (Lipinski definition) is 2. The van der Waals surface area contributed by atoms with Crippen molar-refractivity contribution in [1.82, 2.24) is 20.0 Å². The van der Waals surface area contributed by atoms with Gasteiger partial charge in [-0.2, -0.15) is 5.10 Å². The summed E-state index contributed by atoms with van der Waals surface area (Å²) in [5.41, 5.74) is 0.202. The number of carbonyl (C=O) groups is 4. The fourth-order valence-corrected chi connectivity index (χ4v) is 5.06. The van der Waals surface area contributed by atoms with Crippen molar-refractivity contribution < 1.29 is 37.8 Å². The second-order valence-electron chi connectivity index (χ2n) is 7.72. The summed E-state index contributed by atoms with van der Waals surface area (Å²) in [7, 11) is 0. The summed E-state index contributed by atoms with van der Waals surface area (Å²) in [5.74, 6) is -2.80. The number of carbonyl (C=O) groups excluding carboxylic acids is 3. The van der Waals surface area contributed by atoms with E-state index in [1.54, 1.807) is 0 Å². The van der Waals surface area contributed by atoms with Gasteiger partial charge < -0.3 is 15.2 Å². The van der Waals surface area contributed by atoms with Crippen molar-refractivity contribution in [2.75, 3.05) is 12.4 Å². The van der Waals surface area contributed by atoms with Gasteiger partial charge in [-0.25, -0.2) is 13.6 Å². The number of aromatic nitrogens is 2. The Morgan fingerprint density at radius 3 is 2.69 bits per heavy atom. The maximum Gasteiger partial charge on any atom is 0.352 e. The molecule has 0 radical (unpaired) electrons. The summed E-state index contributed by atoms with van der Waals surface area (Å²) in [6.07, 6.45) is -1.07. The highest BCUT2D eigenvalue weighted by Gasteiger charge is 2.54. The van der Waals surface area contributed by atoms with E-state index in [1.807, 2.05) is 0 Å². The molecule has 10 nitrogen and oxygen atoms in total. The molecule has 3 aliphatic rings. The number of β-lactam (4-membered cyclic amide) rings is 1. The van der Waals surface area contributed by atoms with Gasteiger partial charge in [0.1, 0.15) is 36.0 Å². The Morgan fingerprint density at radius 2 is 2.09 bits per heavy atom. The number of rotatable bonds is 8. The monoisotopic (exact) mass is 470 g/mol. The lowest BCUT2D eigenvalue weighted by Crippen LogP contribution is -2.70. The van der Waals surface area contributed by atoms with E-state index >= 15 is 0 Å². The fourth-order valence-electron chi connectivity index (χ4n) is 3.73. The largest absolute Gasteiger partial charge is 0.477 e. The van der Waals surface area contributed by atoms with Crippen LogP contribution in [0.15, 0.2) is 17.3 Å². The molecule has 2 aliphatic heterocycles. The van der Waals surface area contributed by atoms with Crippen LogP contribution in [0.2, 0.25) is 0 Å². The molecule has 4 rings (SSSR count). The minimum atomic E-state index is -2.75. The van der Waals surface area contributed by atoms with Gasteiger partial charge in [0.05, 0.1) is 0 Å². The number of hydrogen-bond acceptors (Lipinski definition) is 7. The molecule has 1 aromatic heterocycles. The van der Waals surface area contributed by atoms with Gasteiger partial charge in [-0.1, -0.05) is 0 Å². The van der Waals surface area contributed by atoms with Gasteiger partial charge in [-0.15, -0.1) is 11.8 Å². The molecule has 2 amide bonds. The lowest BCUT2D eigenvalue weighted by Gasteiger charge is -2.49. The Labute approximate surface area is 184 Å². The van der Waals surface area contributed by atoms with Crippen molar-refractivity contribution in [3.63, 3.8) is 0 Å². The van der Waals surface area contributed by atoms with Crippen LogP contribution in [0, 0.1) is 0 Å². The van der Waals surface area contributed by atoms with Crippen molar-refractivity contribution in [3.05, 3.63) is 28.7 Å². The van der Waals surface area contributed by atoms with E-state index in [9.17, 15) is 33.1 Å². The SMILES string of the molecule is CC(=O)OCC1=C(C(=O)O)N2C(=O)[C@@H](NC(=O)Cn3nc(C(F)F)cc3C3CC3)[C@@H]2SC1. The van der Waals surface area contributed by atoms with Crippen LogP contribution in [-0.4, -0.2) is 67.3 Å². The zero-order valence-electron chi connectivity index (χ0n) is 16.9. The molecule has 1 saturated carbocycles. The van der Waals surface area contributed by atoms with Crippen LogP contribution >= 0.6 is 11.8 Å². The van der Waals surface area contributed by atoms with Crippen LogP contribution in [0.4, 0.5) is 8.78 Å². The Hall–Kier alpha value is -2.96. The van der Waals surface area contributed by atoms with Crippen molar-refractivity contribution >= 4 is 35.5 Å². The minimum absolute atomic E-state index is 0.0939. The molecule has 172 valence electrons. The van der Waals surface area contributed by atoms with Crippen LogP contribution in [0.1, 0.15) is 43.5 Å². The average molecular weight is 470 g/mol. The van der Waals surface area contributed by atoms with Crippen molar-refractivity contribution in [2.45, 2.75) is 50.1 Å². The summed E-state index contributed by atoms with van der Waals surface area (Å²) < 4.78 is 32.1. The van der Waals surface area contributed by atoms with E-state index in [1.165, 1.54) is 29.4 Å². The molecule has 1 aromatic rings. The quantitative estimate of drug-likeness (QED) is 0.425. The maximum absolute atomic E-state index is 13.0. The summed E-state index contributed by atoms with van der Waals surface area (Å²) in [5, 5.41) is 15.3. The predicted molar refractivity (Wildman–Crippen MR) is 105 cm³/mol. The highest BCUT2D eigenvalue weighted by atomic mass is 32.2. The molecule has 1 aliphatic carbocycles. The summed E-state index contributed by atoms with van der Waals surface area (Å²) in [4.78, 5) is 49.0. The Balaban J connectivity index is 1.44. The number of aliphatic carboxylic acids is 1. The van der Waals surface area contributed by atoms with E-state index in [0.717, 1.165) is 17.7 Å². The second kappa shape index (κ2) is 8.52. The zero-order chi connectivity index (χ0) is 23.2. The van der Waals surface area contributed by atoms with Gasteiger partial charge in [-0.3, -0.25) is 24.0 Å². The Morgan fingerprint density at radius 1 is 1.38 bits per heavy atom. The van der Waals surface area contributed by atoms with E-state index < -0.39 is 47.3 Å². The number of nitrogens with one attached hydrogen (secondary N) is 1. The maximum atomic E-state index is 13.0. The first-order valence-electron chi connectivity index (χ1n) is 9.86. The third kappa shape index (κ3) is 4.20. The molecule has 2 fully saturated rings. The van der Waals surface area contributed by atoms with Gasteiger partial charge in [0, 0.05) is 29.9 Å². The summed E-state index contributed by atoms with van der Waals surface area (Å²) in [6, 6.07) is 0.351. The fraction of sp³-hybridized carbons (Fsp3) is 0.526. The standard InChI is InChI=1S/C19H20F2N4O6S/c1-8(26)31-6-10-7-32-18-14(17(28)25(18)15(10)19(29)30)22-13(27)5-24-12(9-2-3-9)4-11(23-24)16(20)21/h4,9,14,16,18H,2-3,5-7H2,1H3,(H,22,27)(H,29,30)/t14-,18+/m1/s1. The van der Waals surface area contributed by atoms with E-state index in [-0.39, 0.29) is 36.1 Å². The van der Waals surface area contributed by atoms with Gasteiger partial charge in [0.15, 0.2) is 0 Å². The Bertz CT molecular complexity index is 1020. The number of alkyl halides is 2. The lowest BCUT2D eigenvalue weighted by molar-refractivity contribution is -0.151. The first-order chi connectivity index (χ1) is 15.2. The molecule has 0 unspecified atom stereocenters. The van der Waals surface area contributed by atoms with Crippen LogP contribution < -0.4 is 5.32 Å². The topological polar surface area (TPSA) is 131 Å². The predicted octanol–water partition coefficient (Wildman–Crippen LogP) is 1.000. The van der Waals surface area contributed by atoms with Crippen LogP contribution in [-0.2, 0) is 30.5 Å². The van der Waals surface area contributed by atoms with Crippen molar-refractivity contribution in [1.29, 1.82) is 0 Å². The normalized spacial score (nSPS) is 22.5. The first kappa shape index (κ1) is 22.2. The molecule has 13 heteroatoms. The molecule has 0 bridgehead atoms. The highest BCUT2D eigenvalue weighted by molar-refractivity contribution is 8.00. The summed E-state index contributed by atoms with van der Waals surface area (Å²) in [6.45, 7) is 0.630. The molecule has 0 spiro atoms. The van der Waals surface area contributed by atoms with Crippen LogP contribution in [0.25, 0.3) is 0 Å². The number of halogens is 2. The molecule has 32 heavy (non-hydrogen) atoms. The first-order valence-corrected chi connectivity index (χ1v) is 10.9. The number of esters is 1. The van der Waals surface area contributed by atoms with Crippen molar-refractivity contribution in [3.8, 4) is 0 Å². The van der Waals surface area contributed by atoms with Gasteiger partial charge in [-0.05, 0) is 18.9 Å². The highest BCUT2D eigenvalue weighted by Crippen LogP contribution is 2.42. The van der Waals surface area contributed by atoms with E-state index in [4.69, 9.17) is 4.74 Å². The van der Waals surface area contributed by atoms with Gasteiger partial charge in [0.2, 0.25) is 5.91 Å². The Kier molecular flexibility index (Phi) is 5.93. The molecular formula is C19H20F2N4O6S. The number of nitrogens with zero attached hydrogens (tertiary/aromatic N) is 3. The van der Waals surface area contributed by atoms with Crippen LogP contribution in [0.3, 0.4) is 0 Å². The number of carboxylic acid groups (broad SMARTS) is 1. The molecule has 3 heterocycles. The minimum Gasteiger partial charge on any atom is -0.477 e. The second-order valence-corrected chi connectivity index (χ2v) is 8.82. The third-order valence-corrected chi connectivity index (χ3v) is 6.70. The van der Waals surface area contributed by atoms with Crippen LogP contribution in [0.5, 0.6) is 0 Å². The van der Waals surface area contributed by atoms with Crippen molar-refractivity contribution in [2.24, 2.45) is 0 Å². The van der Waals surface area contributed by atoms with E-state index in [0.29, 0.717) is 5.69 Å². The van der Waals surface area contributed by atoms with Gasteiger partial charge >= 0.3 is 11.9 Å². The number of amides is 2. The van der Waals surface area contributed by atoms with Gasteiger partial charge in [0.25, 0.3) is 12.3 Å². The molecule has 2 N–H and O–H groups in total. The number of carboxylic acids is 1. The lowest BCUT2D eigenvalue weighted by atomic mass is 10.0. The molecule has 0 aromatic carbocycles. The number of fused-ring (bicyclic) bond motifs is 1. The molecule has 2 atom stereocenters. The number of ether oxygens (including phenoxy) is 1. The smallest absolute Gasteiger partial charge is 0.352 e. The zero-order valence-corrected chi connectivity index (χ0v) is 17.7. The molecule has 1 saturated heterocycles. The van der Waals surface area contributed by atoms with E-state index in [2.05, 4.69) is 10.4 Å². The summed E-state index contributed by atoms with van der Waals surface area (Å²) >= 11 is 1.24.